The van der Waals surface area contributed by atoms with Crippen LogP contribution in [0.1, 0.15) is 11.3 Å². The van der Waals surface area contributed by atoms with E-state index < -0.39 is 39.2 Å². The number of nitrogens with one attached hydrogen (secondary N) is 1. The maximum atomic E-state index is 14.0. The smallest absolute Gasteiger partial charge is 0.331 e. The second kappa shape index (κ2) is 8.14. The molecule has 0 saturated carbocycles. The number of rotatable bonds is 4. The van der Waals surface area contributed by atoms with Crippen molar-refractivity contribution in [2.45, 2.75) is 23.9 Å². The molecule has 184 valence electrons. The SMILES string of the molecule is Cc1nc2c(cc1C(F)(F)C(F)(F)F)nc(-c1nc(NC(=O)N(C)C)ccc1S(C)(=O)=O)n2C. The number of hydrogen-bond acceptors (Lipinski definition) is 6. The average Bonchev–Trinajstić information content (AvgIpc) is 3.01. The summed E-state index contributed by atoms with van der Waals surface area (Å²) in [5, 5.41) is 2.44. The van der Waals surface area contributed by atoms with Gasteiger partial charge in [-0.2, -0.15) is 22.0 Å². The molecule has 3 aromatic rings. The minimum absolute atomic E-state index is 0.0402. The van der Waals surface area contributed by atoms with Crippen LogP contribution in [0.25, 0.3) is 22.7 Å². The maximum absolute atomic E-state index is 14.0. The lowest BCUT2D eigenvalue weighted by molar-refractivity contribution is -0.289. The third kappa shape index (κ3) is 4.38. The van der Waals surface area contributed by atoms with E-state index in [1.54, 1.807) is 0 Å². The molecule has 0 saturated heterocycles. The van der Waals surface area contributed by atoms with Gasteiger partial charge in [0.2, 0.25) is 0 Å². The van der Waals surface area contributed by atoms with Gasteiger partial charge in [-0.15, -0.1) is 0 Å². The summed E-state index contributed by atoms with van der Waals surface area (Å²) in [6.07, 6.45) is -4.95. The van der Waals surface area contributed by atoms with Crippen molar-refractivity contribution in [3.8, 4) is 11.5 Å². The number of carbonyl (C=O) groups excluding carboxylic acids is 1. The summed E-state index contributed by atoms with van der Waals surface area (Å²) in [4.78, 5) is 24.9. The number of alkyl halides is 5. The summed E-state index contributed by atoms with van der Waals surface area (Å²) >= 11 is 0. The Bertz CT molecular complexity index is 1400. The van der Waals surface area contributed by atoms with E-state index in [0.717, 1.165) is 13.2 Å². The lowest BCUT2D eigenvalue weighted by Gasteiger charge is -2.21. The fourth-order valence-corrected chi connectivity index (χ4v) is 3.88. The number of hydrogen-bond donors (Lipinski definition) is 1. The molecule has 3 heterocycles. The molecule has 1 N–H and O–H groups in total. The number of imidazole rings is 1. The molecule has 3 rings (SSSR count). The van der Waals surface area contributed by atoms with E-state index >= 15 is 0 Å². The highest BCUT2D eigenvalue weighted by molar-refractivity contribution is 7.90. The highest BCUT2D eigenvalue weighted by Gasteiger charge is 2.59. The second-order valence-electron chi connectivity index (χ2n) is 7.67. The summed E-state index contributed by atoms with van der Waals surface area (Å²) in [5.41, 5.74) is -2.60. The van der Waals surface area contributed by atoms with Gasteiger partial charge in [-0.05, 0) is 25.1 Å². The van der Waals surface area contributed by atoms with Gasteiger partial charge in [0, 0.05) is 33.1 Å². The van der Waals surface area contributed by atoms with E-state index in [2.05, 4.69) is 20.3 Å². The zero-order valence-electron chi connectivity index (χ0n) is 18.5. The lowest BCUT2D eigenvalue weighted by atomic mass is 10.1. The fourth-order valence-electron chi connectivity index (χ4n) is 3.08. The second-order valence-corrected chi connectivity index (χ2v) is 9.65. The van der Waals surface area contributed by atoms with Gasteiger partial charge < -0.3 is 9.47 Å². The first-order valence-corrected chi connectivity index (χ1v) is 11.3. The monoisotopic (exact) mass is 506 g/mol. The van der Waals surface area contributed by atoms with Crippen LogP contribution in [-0.4, -0.2) is 65.4 Å². The summed E-state index contributed by atoms with van der Waals surface area (Å²) < 4.78 is 92.7. The Morgan fingerprint density at radius 2 is 1.71 bits per heavy atom. The summed E-state index contributed by atoms with van der Waals surface area (Å²) in [6, 6.07) is 2.41. The first kappa shape index (κ1) is 25.3. The van der Waals surface area contributed by atoms with Gasteiger partial charge in [-0.3, -0.25) is 5.32 Å². The zero-order chi connectivity index (χ0) is 25.8. The van der Waals surface area contributed by atoms with Crippen molar-refractivity contribution < 1.29 is 35.2 Å². The van der Waals surface area contributed by atoms with Crippen LogP contribution in [0.15, 0.2) is 23.1 Å². The molecule has 3 aromatic heterocycles. The average molecular weight is 506 g/mol. The van der Waals surface area contributed by atoms with Crippen LogP contribution in [0, 0.1) is 6.92 Å². The number of amides is 2. The van der Waals surface area contributed by atoms with E-state index in [9.17, 15) is 35.2 Å². The van der Waals surface area contributed by atoms with Crippen LogP contribution in [0.4, 0.5) is 32.6 Å². The van der Waals surface area contributed by atoms with Crippen molar-refractivity contribution in [3.63, 3.8) is 0 Å². The van der Waals surface area contributed by atoms with E-state index in [0.29, 0.717) is 6.07 Å². The quantitative estimate of drug-likeness (QED) is 0.543. The first-order chi connectivity index (χ1) is 15.4. The Balaban J connectivity index is 2.27. The topological polar surface area (TPSA) is 110 Å². The van der Waals surface area contributed by atoms with Gasteiger partial charge in [0.25, 0.3) is 0 Å². The zero-order valence-corrected chi connectivity index (χ0v) is 19.3. The number of anilines is 1. The van der Waals surface area contributed by atoms with Crippen molar-refractivity contribution >= 4 is 32.9 Å². The maximum Gasteiger partial charge on any atom is 0.458 e. The molecular formula is C19H19F5N6O3S. The third-order valence-electron chi connectivity index (χ3n) is 4.84. The van der Waals surface area contributed by atoms with E-state index in [1.165, 1.54) is 42.7 Å². The predicted octanol–water partition coefficient (Wildman–Crippen LogP) is 3.49. The molecule has 0 fully saturated rings. The van der Waals surface area contributed by atoms with Crippen molar-refractivity contribution in [2.24, 2.45) is 7.05 Å². The van der Waals surface area contributed by atoms with Gasteiger partial charge >= 0.3 is 18.1 Å². The fraction of sp³-hybridized carbons (Fsp3) is 0.368. The minimum Gasteiger partial charge on any atom is -0.331 e. The molecular weight excluding hydrogens is 487 g/mol. The molecule has 2 amide bonds. The van der Waals surface area contributed by atoms with Crippen molar-refractivity contribution in [1.82, 2.24) is 24.4 Å². The normalized spacial score (nSPS) is 12.8. The van der Waals surface area contributed by atoms with E-state index in [4.69, 9.17) is 0 Å². The molecule has 0 atom stereocenters. The Kier molecular flexibility index (Phi) is 6.05. The molecule has 15 heteroatoms. The van der Waals surface area contributed by atoms with Gasteiger partial charge in [0.15, 0.2) is 21.3 Å². The molecule has 34 heavy (non-hydrogen) atoms. The van der Waals surface area contributed by atoms with Crippen LogP contribution < -0.4 is 5.32 Å². The van der Waals surface area contributed by atoms with Crippen molar-refractivity contribution in [3.05, 3.63) is 29.5 Å². The lowest BCUT2D eigenvalue weighted by Crippen LogP contribution is -2.34. The summed E-state index contributed by atoms with van der Waals surface area (Å²) in [5.74, 6) is -5.39. The van der Waals surface area contributed by atoms with Crippen LogP contribution in [0.2, 0.25) is 0 Å². The van der Waals surface area contributed by atoms with Gasteiger partial charge in [0.1, 0.15) is 17.0 Å². The van der Waals surface area contributed by atoms with Crippen LogP contribution in [0.3, 0.4) is 0 Å². The molecule has 0 bridgehead atoms. The molecule has 0 unspecified atom stereocenters. The number of sulfone groups is 1. The van der Waals surface area contributed by atoms with E-state index in [-0.39, 0.29) is 33.4 Å². The van der Waals surface area contributed by atoms with Crippen LogP contribution in [0.5, 0.6) is 0 Å². The molecule has 0 aliphatic carbocycles. The Morgan fingerprint density at radius 3 is 2.24 bits per heavy atom. The van der Waals surface area contributed by atoms with Crippen LogP contribution in [-0.2, 0) is 22.8 Å². The van der Waals surface area contributed by atoms with Gasteiger partial charge in [-0.25, -0.2) is 28.2 Å². The highest BCUT2D eigenvalue weighted by Crippen LogP contribution is 2.45. The molecule has 0 radical (unpaired) electrons. The predicted molar refractivity (Wildman–Crippen MR) is 112 cm³/mol. The first-order valence-electron chi connectivity index (χ1n) is 9.44. The minimum atomic E-state index is -5.85. The van der Waals surface area contributed by atoms with Gasteiger partial charge in [0.05, 0.1) is 10.5 Å². The molecule has 0 spiro atoms. The third-order valence-corrected chi connectivity index (χ3v) is 5.97. The number of aryl methyl sites for hydroxylation is 2. The van der Waals surface area contributed by atoms with E-state index in [1.807, 2.05) is 0 Å². The van der Waals surface area contributed by atoms with Crippen LogP contribution >= 0.6 is 0 Å². The number of urea groups is 1. The standard InChI is InChI=1S/C19H19F5N6O3S/c1-9-10(18(20,21)19(22,23)24)8-11-15(25-9)30(4)16(26-11)14-12(34(5,32)33)6-7-13(27-14)28-17(31)29(2)3/h6-8H,1-5H3,(H,27,28,31). The number of aromatic nitrogens is 4. The highest BCUT2D eigenvalue weighted by atomic mass is 32.2. The largest absolute Gasteiger partial charge is 0.458 e. The van der Waals surface area contributed by atoms with Gasteiger partial charge in [-0.1, -0.05) is 0 Å². The Hall–Kier alpha value is -3.36. The molecule has 0 aromatic carbocycles. The number of nitrogens with zero attached hydrogens (tertiary/aromatic N) is 5. The molecule has 9 nitrogen and oxygen atoms in total. The molecule has 0 aliphatic rings. The summed E-state index contributed by atoms with van der Waals surface area (Å²) in [7, 11) is 0.422. The molecule has 0 aliphatic heterocycles. The Morgan fingerprint density at radius 1 is 1.09 bits per heavy atom. The number of halogens is 5. The Labute approximate surface area is 190 Å². The summed E-state index contributed by atoms with van der Waals surface area (Å²) in [6.45, 7) is 0.999. The number of fused-ring (bicyclic) bond motifs is 1. The number of carbonyl (C=O) groups is 1. The van der Waals surface area contributed by atoms with Crippen molar-refractivity contribution in [1.29, 1.82) is 0 Å². The number of pyridine rings is 2. The van der Waals surface area contributed by atoms with Crippen molar-refractivity contribution in [2.75, 3.05) is 25.7 Å².